The molecule has 21 heavy (non-hydrogen) atoms. The van der Waals surface area contributed by atoms with Crippen LogP contribution in [-0.4, -0.2) is 31.8 Å². The lowest BCUT2D eigenvalue weighted by molar-refractivity contribution is 0.251. The maximum atomic E-state index is 5.63. The molecule has 3 heteroatoms. The minimum absolute atomic E-state index is 0.250. The van der Waals surface area contributed by atoms with Crippen LogP contribution in [0.1, 0.15) is 38.7 Å². The number of ether oxygens (including phenoxy) is 1. The Kier molecular flexibility index (Phi) is 3.87. The van der Waals surface area contributed by atoms with Crippen LogP contribution in [0.3, 0.4) is 0 Å². The van der Waals surface area contributed by atoms with Crippen LogP contribution in [0.15, 0.2) is 18.2 Å². The van der Waals surface area contributed by atoms with Crippen molar-refractivity contribution < 1.29 is 4.74 Å². The Balaban J connectivity index is 1.94. The highest BCUT2D eigenvalue weighted by atomic mass is 16.5. The minimum atomic E-state index is 0.250. The lowest BCUT2D eigenvalue weighted by Gasteiger charge is -2.48. The molecule has 1 heterocycles. The van der Waals surface area contributed by atoms with Gasteiger partial charge in [-0.05, 0) is 56.7 Å². The average molecular weight is 288 g/mol. The zero-order valence-corrected chi connectivity index (χ0v) is 13.8. The molecule has 2 unspecified atom stereocenters. The molecule has 0 spiro atoms. The Morgan fingerprint density at radius 3 is 2.76 bits per heavy atom. The number of hydrogen-bond acceptors (Lipinski definition) is 3. The van der Waals surface area contributed by atoms with Gasteiger partial charge in [0, 0.05) is 24.7 Å². The molecule has 1 N–H and O–H groups in total. The fraction of sp³-hybridized carbons (Fsp3) is 0.667. The predicted molar refractivity (Wildman–Crippen MR) is 88.3 cm³/mol. The molecule has 2 aliphatic rings. The van der Waals surface area contributed by atoms with Gasteiger partial charge in [0.25, 0.3) is 0 Å². The zero-order chi connectivity index (χ0) is 15.0. The maximum absolute atomic E-state index is 5.63. The Hall–Kier alpha value is -1.22. The molecule has 0 bridgehead atoms. The van der Waals surface area contributed by atoms with Gasteiger partial charge in [0.2, 0.25) is 0 Å². The second-order valence-electron chi connectivity index (χ2n) is 6.94. The summed E-state index contributed by atoms with van der Waals surface area (Å²) in [5.41, 5.74) is 2.81. The molecule has 1 aromatic carbocycles. The number of rotatable bonds is 4. The quantitative estimate of drug-likeness (QED) is 0.919. The van der Waals surface area contributed by atoms with Crippen molar-refractivity contribution in [3.63, 3.8) is 0 Å². The van der Waals surface area contributed by atoms with Crippen LogP contribution >= 0.6 is 0 Å². The van der Waals surface area contributed by atoms with Gasteiger partial charge in [-0.15, -0.1) is 0 Å². The average Bonchev–Trinajstić information content (AvgIpc) is 3.32. The van der Waals surface area contributed by atoms with E-state index in [1.807, 2.05) is 0 Å². The standard InChI is InChI=1S/C18H28N2O/c1-5-15-11-19-18(3,14-7-8-14)12-20(15)16-10-13(2)6-9-17(16)21-4/h6,9-10,14-15,19H,5,7-8,11-12H2,1-4H3. The fourth-order valence-electron chi connectivity index (χ4n) is 3.66. The third-order valence-corrected chi connectivity index (χ3v) is 5.27. The van der Waals surface area contributed by atoms with Crippen molar-refractivity contribution in [2.45, 2.75) is 51.6 Å². The van der Waals surface area contributed by atoms with Crippen molar-refractivity contribution in [1.29, 1.82) is 0 Å². The summed E-state index contributed by atoms with van der Waals surface area (Å²) in [5.74, 6) is 1.84. The van der Waals surface area contributed by atoms with Crippen molar-refractivity contribution in [3.05, 3.63) is 23.8 Å². The summed E-state index contributed by atoms with van der Waals surface area (Å²) in [5, 5.41) is 3.83. The maximum Gasteiger partial charge on any atom is 0.142 e. The summed E-state index contributed by atoms with van der Waals surface area (Å²) >= 11 is 0. The number of nitrogens with one attached hydrogen (secondary N) is 1. The molecule has 1 saturated carbocycles. The topological polar surface area (TPSA) is 24.5 Å². The van der Waals surface area contributed by atoms with Crippen LogP contribution in [-0.2, 0) is 0 Å². The molecule has 1 aliphatic carbocycles. The van der Waals surface area contributed by atoms with E-state index in [1.165, 1.54) is 24.1 Å². The van der Waals surface area contributed by atoms with Crippen LogP contribution in [0.4, 0.5) is 5.69 Å². The largest absolute Gasteiger partial charge is 0.495 e. The van der Waals surface area contributed by atoms with Crippen LogP contribution in [0.2, 0.25) is 0 Å². The first-order valence-corrected chi connectivity index (χ1v) is 8.23. The summed E-state index contributed by atoms with van der Waals surface area (Å²) in [6.45, 7) is 8.98. The monoisotopic (exact) mass is 288 g/mol. The molecular weight excluding hydrogens is 260 g/mol. The fourth-order valence-corrected chi connectivity index (χ4v) is 3.66. The predicted octanol–water partition coefficient (Wildman–Crippen LogP) is 3.36. The smallest absolute Gasteiger partial charge is 0.142 e. The molecule has 1 saturated heterocycles. The van der Waals surface area contributed by atoms with Gasteiger partial charge in [-0.2, -0.15) is 0 Å². The molecule has 3 rings (SSSR count). The number of anilines is 1. The van der Waals surface area contributed by atoms with E-state index < -0.39 is 0 Å². The van der Waals surface area contributed by atoms with E-state index in [-0.39, 0.29) is 5.54 Å². The number of benzene rings is 1. The van der Waals surface area contributed by atoms with E-state index in [0.29, 0.717) is 6.04 Å². The Morgan fingerprint density at radius 2 is 2.14 bits per heavy atom. The third-order valence-electron chi connectivity index (χ3n) is 5.27. The van der Waals surface area contributed by atoms with Crippen LogP contribution in [0.5, 0.6) is 5.75 Å². The molecule has 1 aliphatic heterocycles. The zero-order valence-electron chi connectivity index (χ0n) is 13.8. The Labute approximate surface area is 128 Å². The van der Waals surface area contributed by atoms with Gasteiger partial charge in [0.15, 0.2) is 0 Å². The lowest BCUT2D eigenvalue weighted by Crippen LogP contribution is -2.64. The Morgan fingerprint density at radius 1 is 1.38 bits per heavy atom. The number of piperazine rings is 1. The van der Waals surface area contributed by atoms with Crippen molar-refractivity contribution >= 4 is 5.69 Å². The van der Waals surface area contributed by atoms with E-state index in [0.717, 1.165) is 31.2 Å². The van der Waals surface area contributed by atoms with Gasteiger partial charge >= 0.3 is 0 Å². The molecule has 0 amide bonds. The van der Waals surface area contributed by atoms with E-state index in [4.69, 9.17) is 4.74 Å². The van der Waals surface area contributed by atoms with E-state index >= 15 is 0 Å². The number of nitrogens with zero attached hydrogens (tertiary/aromatic N) is 1. The molecule has 1 aromatic rings. The molecule has 3 nitrogen and oxygen atoms in total. The summed E-state index contributed by atoms with van der Waals surface area (Å²) in [4.78, 5) is 2.58. The minimum Gasteiger partial charge on any atom is -0.495 e. The molecule has 0 aromatic heterocycles. The molecule has 0 radical (unpaired) electrons. The van der Waals surface area contributed by atoms with Gasteiger partial charge in [0.1, 0.15) is 5.75 Å². The molecule has 116 valence electrons. The third kappa shape index (κ3) is 2.76. The second-order valence-corrected chi connectivity index (χ2v) is 6.94. The highest BCUT2D eigenvalue weighted by Gasteiger charge is 2.46. The van der Waals surface area contributed by atoms with Gasteiger partial charge in [-0.1, -0.05) is 13.0 Å². The van der Waals surface area contributed by atoms with Gasteiger partial charge in [0.05, 0.1) is 12.8 Å². The lowest BCUT2D eigenvalue weighted by atomic mass is 9.89. The second kappa shape index (κ2) is 5.53. The highest BCUT2D eigenvalue weighted by molar-refractivity contribution is 5.61. The van der Waals surface area contributed by atoms with Crippen molar-refractivity contribution in [2.24, 2.45) is 5.92 Å². The molecule has 2 atom stereocenters. The van der Waals surface area contributed by atoms with Gasteiger partial charge in [-0.25, -0.2) is 0 Å². The van der Waals surface area contributed by atoms with Gasteiger partial charge < -0.3 is 15.0 Å². The normalized spacial score (nSPS) is 29.5. The van der Waals surface area contributed by atoms with Crippen molar-refractivity contribution in [1.82, 2.24) is 5.32 Å². The highest BCUT2D eigenvalue weighted by Crippen LogP contribution is 2.43. The summed E-state index contributed by atoms with van der Waals surface area (Å²) < 4.78 is 5.63. The van der Waals surface area contributed by atoms with Crippen molar-refractivity contribution in [2.75, 3.05) is 25.1 Å². The Bertz CT molecular complexity index is 512. The summed E-state index contributed by atoms with van der Waals surface area (Å²) in [7, 11) is 1.78. The van der Waals surface area contributed by atoms with Crippen molar-refractivity contribution in [3.8, 4) is 5.75 Å². The SMILES string of the molecule is CCC1CNC(C)(C2CC2)CN1c1cc(C)ccc1OC. The first kappa shape index (κ1) is 14.7. The van der Waals surface area contributed by atoms with Crippen LogP contribution < -0.4 is 15.0 Å². The molecular formula is C18H28N2O. The summed E-state index contributed by atoms with van der Waals surface area (Å²) in [6.07, 6.45) is 3.91. The summed E-state index contributed by atoms with van der Waals surface area (Å²) in [6, 6.07) is 7.06. The van der Waals surface area contributed by atoms with E-state index in [1.54, 1.807) is 7.11 Å². The first-order valence-electron chi connectivity index (χ1n) is 8.23. The van der Waals surface area contributed by atoms with Crippen LogP contribution in [0.25, 0.3) is 0 Å². The molecule has 2 fully saturated rings. The number of aryl methyl sites for hydroxylation is 1. The number of methoxy groups -OCH3 is 1. The van der Waals surface area contributed by atoms with E-state index in [2.05, 4.69) is 49.2 Å². The first-order chi connectivity index (χ1) is 10.1. The number of hydrogen-bond donors (Lipinski definition) is 1. The van der Waals surface area contributed by atoms with Gasteiger partial charge in [-0.3, -0.25) is 0 Å². The van der Waals surface area contributed by atoms with E-state index in [9.17, 15) is 0 Å². The van der Waals surface area contributed by atoms with Crippen LogP contribution in [0, 0.1) is 12.8 Å².